The summed E-state index contributed by atoms with van der Waals surface area (Å²) >= 11 is 0. The summed E-state index contributed by atoms with van der Waals surface area (Å²) in [6.07, 6.45) is 2.02. The third-order valence-corrected chi connectivity index (χ3v) is 3.67. The molecule has 1 radical (unpaired) electrons. The molecular formula is C19H13IrN2-. The van der Waals surface area contributed by atoms with E-state index < -0.39 is 0 Å². The SMILES string of the molecule is [CH2-][n+]1cc2ccc3ccccc3c2nc1-c1[c-]cccc1.[Ir]. The Morgan fingerprint density at radius 3 is 2.50 bits per heavy atom. The van der Waals surface area contributed by atoms with Gasteiger partial charge in [-0.2, -0.15) is 0 Å². The Bertz CT molecular complexity index is 949. The zero-order valence-corrected chi connectivity index (χ0v) is 14.2. The molecule has 3 heteroatoms. The minimum Gasteiger partial charge on any atom is -0.355 e. The standard InChI is InChI=1S/C19H13N2.Ir/c1-21-13-16-12-11-14-7-5-6-10-17(14)18(16)20-19(21)15-8-3-2-4-9-15;/h2-8,10-13H,1H2;/q-1;. The second kappa shape index (κ2) is 5.88. The predicted molar refractivity (Wildman–Crippen MR) is 84.5 cm³/mol. The quantitative estimate of drug-likeness (QED) is 0.240. The van der Waals surface area contributed by atoms with Crippen LogP contribution < -0.4 is 4.57 Å². The van der Waals surface area contributed by atoms with Crippen molar-refractivity contribution in [1.82, 2.24) is 4.98 Å². The molecule has 0 aliphatic rings. The number of benzene rings is 3. The Balaban J connectivity index is 0.00000144. The number of aromatic nitrogens is 2. The molecule has 0 saturated carbocycles. The van der Waals surface area contributed by atoms with Crippen molar-refractivity contribution in [2.45, 2.75) is 0 Å². The topological polar surface area (TPSA) is 16.8 Å². The first kappa shape index (κ1) is 14.7. The van der Waals surface area contributed by atoms with Crippen molar-refractivity contribution < 1.29 is 24.7 Å². The molecule has 0 unspecified atom stereocenters. The maximum atomic E-state index is 4.84. The van der Waals surface area contributed by atoms with Crippen LogP contribution in [0.25, 0.3) is 33.1 Å². The van der Waals surface area contributed by atoms with Crippen molar-refractivity contribution in [1.29, 1.82) is 0 Å². The van der Waals surface area contributed by atoms with E-state index in [-0.39, 0.29) is 20.1 Å². The van der Waals surface area contributed by atoms with Crippen LogP contribution in [0.5, 0.6) is 0 Å². The van der Waals surface area contributed by atoms with Crippen LogP contribution in [0, 0.1) is 13.1 Å². The number of rotatable bonds is 1. The normalized spacial score (nSPS) is 10.5. The van der Waals surface area contributed by atoms with Gasteiger partial charge in [-0.3, -0.25) is 0 Å². The van der Waals surface area contributed by atoms with Gasteiger partial charge in [0, 0.05) is 37.1 Å². The molecule has 4 aromatic rings. The van der Waals surface area contributed by atoms with Gasteiger partial charge in [0.1, 0.15) is 0 Å². The first-order chi connectivity index (χ1) is 10.3. The van der Waals surface area contributed by atoms with Gasteiger partial charge >= 0.3 is 0 Å². The summed E-state index contributed by atoms with van der Waals surface area (Å²) in [4.78, 5) is 4.84. The molecule has 2 nitrogen and oxygen atoms in total. The molecule has 1 heterocycles. The fourth-order valence-electron chi connectivity index (χ4n) is 2.65. The van der Waals surface area contributed by atoms with Gasteiger partial charge in [0.2, 0.25) is 5.82 Å². The number of fused-ring (bicyclic) bond motifs is 3. The smallest absolute Gasteiger partial charge is 0.231 e. The molecule has 0 saturated heterocycles. The Labute approximate surface area is 142 Å². The van der Waals surface area contributed by atoms with Crippen molar-refractivity contribution >= 4 is 21.7 Å². The molecule has 1 aromatic heterocycles. The van der Waals surface area contributed by atoms with Crippen molar-refractivity contribution in [2.75, 3.05) is 0 Å². The van der Waals surface area contributed by atoms with Gasteiger partial charge in [-0.25, -0.2) is 0 Å². The molecule has 0 N–H and O–H groups in total. The fourth-order valence-corrected chi connectivity index (χ4v) is 2.65. The summed E-state index contributed by atoms with van der Waals surface area (Å²) in [6.45, 7) is 0. The van der Waals surface area contributed by atoms with E-state index in [2.05, 4.69) is 37.4 Å². The van der Waals surface area contributed by atoms with Gasteiger partial charge in [0.15, 0.2) is 5.52 Å². The fraction of sp³-hybridized carbons (Fsp3) is 0. The van der Waals surface area contributed by atoms with E-state index >= 15 is 0 Å². The van der Waals surface area contributed by atoms with E-state index in [1.807, 2.05) is 47.2 Å². The molecule has 0 aliphatic carbocycles. The van der Waals surface area contributed by atoms with Crippen LogP contribution in [0.15, 0.2) is 66.9 Å². The Morgan fingerprint density at radius 2 is 1.68 bits per heavy atom. The van der Waals surface area contributed by atoms with Crippen LogP contribution in [0.3, 0.4) is 0 Å². The molecule has 0 spiro atoms. The Morgan fingerprint density at radius 1 is 0.909 bits per heavy atom. The Kier molecular flexibility index (Phi) is 3.93. The predicted octanol–water partition coefficient (Wildman–Crippen LogP) is 3.78. The molecule has 22 heavy (non-hydrogen) atoms. The number of nitrogens with zero attached hydrogens (tertiary/aromatic N) is 2. The van der Waals surface area contributed by atoms with Crippen molar-refractivity contribution in [3.05, 3.63) is 80.0 Å². The van der Waals surface area contributed by atoms with E-state index in [1.165, 1.54) is 5.39 Å². The molecular weight excluding hydrogens is 448 g/mol. The first-order valence-corrected chi connectivity index (χ1v) is 6.85. The summed E-state index contributed by atoms with van der Waals surface area (Å²) in [7, 11) is 4.06. The van der Waals surface area contributed by atoms with Gasteiger partial charge in [-0.1, -0.05) is 46.9 Å². The van der Waals surface area contributed by atoms with Crippen molar-refractivity contribution in [3.63, 3.8) is 0 Å². The van der Waals surface area contributed by atoms with Crippen LogP contribution in [0.1, 0.15) is 0 Å². The van der Waals surface area contributed by atoms with E-state index in [0.29, 0.717) is 0 Å². The van der Waals surface area contributed by atoms with Crippen LogP contribution in [0.4, 0.5) is 0 Å². The third kappa shape index (κ3) is 2.39. The molecule has 109 valence electrons. The third-order valence-electron chi connectivity index (χ3n) is 3.67. The summed E-state index contributed by atoms with van der Waals surface area (Å²) in [5, 5.41) is 3.44. The molecule has 0 amide bonds. The van der Waals surface area contributed by atoms with Crippen LogP contribution >= 0.6 is 0 Å². The molecule has 0 fully saturated rings. The van der Waals surface area contributed by atoms with Gasteiger partial charge < -0.3 is 4.57 Å². The van der Waals surface area contributed by atoms with Crippen molar-refractivity contribution in [2.24, 2.45) is 0 Å². The van der Waals surface area contributed by atoms with E-state index in [0.717, 1.165) is 27.7 Å². The second-order valence-corrected chi connectivity index (χ2v) is 5.04. The van der Waals surface area contributed by atoms with Gasteiger partial charge in [-0.05, 0) is 12.4 Å². The van der Waals surface area contributed by atoms with Gasteiger partial charge in [-0.15, -0.1) is 30.3 Å². The van der Waals surface area contributed by atoms with E-state index in [4.69, 9.17) is 4.98 Å². The molecule has 0 aliphatic heterocycles. The minimum atomic E-state index is 0. The monoisotopic (exact) mass is 462 g/mol. The van der Waals surface area contributed by atoms with Crippen LogP contribution in [0.2, 0.25) is 0 Å². The maximum absolute atomic E-state index is 4.84. The first-order valence-electron chi connectivity index (χ1n) is 6.85. The molecule has 0 bridgehead atoms. The molecule has 3 aromatic carbocycles. The largest absolute Gasteiger partial charge is 0.355 e. The van der Waals surface area contributed by atoms with Crippen molar-refractivity contribution in [3.8, 4) is 11.4 Å². The summed E-state index contributed by atoms with van der Waals surface area (Å²) < 4.78 is 1.81. The zero-order chi connectivity index (χ0) is 14.2. The Hall–Kier alpha value is -2.22. The van der Waals surface area contributed by atoms with Crippen LogP contribution in [-0.2, 0) is 20.1 Å². The second-order valence-electron chi connectivity index (χ2n) is 5.04. The summed E-state index contributed by atoms with van der Waals surface area (Å²) in [6, 6.07) is 23.6. The zero-order valence-electron chi connectivity index (χ0n) is 11.8. The molecule has 4 rings (SSSR count). The summed E-state index contributed by atoms with van der Waals surface area (Å²) in [5.74, 6) is 0.819. The van der Waals surface area contributed by atoms with Gasteiger partial charge in [0.25, 0.3) is 0 Å². The van der Waals surface area contributed by atoms with Gasteiger partial charge in [0.05, 0.1) is 0 Å². The van der Waals surface area contributed by atoms with Crippen LogP contribution in [-0.4, -0.2) is 4.98 Å². The maximum Gasteiger partial charge on any atom is 0.231 e. The average Bonchev–Trinajstić information content (AvgIpc) is 2.55. The molecule has 0 atom stereocenters. The average molecular weight is 462 g/mol. The van der Waals surface area contributed by atoms with E-state index in [9.17, 15) is 0 Å². The minimum absolute atomic E-state index is 0. The summed E-state index contributed by atoms with van der Waals surface area (Å²) in [5.41, 5.74) is 1.95. The number of hydrogen-bond donors (Lipinski definition) is 0. The van der Waals surface area contributed by atoms with E-state index in [1.54, 1.807) is 0 Å². The number of hydrogen-bond acceptors (Lipinski definition) is 1.